The van der Waals surface area contributed by atoms with E-state index in [-0.39, 0.29) is 0 Å². The molecule has 1 fully saturated rings. The first-order chi connectivity index (χ1) is 3.30. The van der Waals surface area contributed by atoms with Gasteiger partial charge >= 0.3 is 0 Å². The third kappa shape index (κ3) is 1.10. The molecule has 1 unspecified atom stereocenters. The average molecular weight is 117 g/mol. The summed E-state index contributed by atoms with van der Waals surface area (Å²) in [5.74, 6) is 1.36. The molecule has 0 bridgehead atoms. The minimum Gasteiger partial charge on any atom is -0.298 e. The zero-order valence-electron chi connectivity index (χ0n) is 4.85. The summed E-state index contributed by atoms with van der Waals surface area (Å²) < 4.78 is 0. The fraction of sp³-hybridized carbons (Fsp3) is 1.00. The summed E-state index contributed by atoms with van der Waals surface area (Å²) in [5, 5.41) is 0.833. The van der Waals surface area contributed by atoms with Crippen LogP contribution in [0.15, 0.2) is 0 Å². The van der Waals surface area contributed by atoms with Gasteiger partial charge in [-0.25, -0.2) is 0 Å². The lowest BCUT2D eigenvalue weighted by Gasteiger charge is -2.30. The second-order valence-corrected chi connectivity index (χ2v) is 3.36. The average Bonchev–Trinajstić information content (AvgIpc) is 1.23. The summed E-state index contributed by atoms with van der Waals surface area (Å²) in [6, 6.07) is 0. The van der Waals surface area contributed by atoms with Crippen LogP contribution in [0.1, 0.15) is 6.42 Å². The SMILES string of the molecule is CN(C)C1CCS1. The highest BCUT2D eigenvalue weighted by Gasteiger charge is 2.18. The van der Waals surface area contributed by atoms with Crippen LogP contribution in [0.5, 0.6) is 0 Å². The van der Waals surface area contributed by atoms with Crippen LogP contribution in [0.3, 0.4) is 0 Å². The number of nitrogens with zero attached hydrogens (tertiary/aromatic N) is 1. The molecule has 0 radical (unpaired) electrons. The molecule has 0 spiro atoms. The van der Waals surface area contributed by atoms with Crippen LogP contribution in [-0.2, 0) is 0 Å². The van der Waals surface area contributed by atoms with Gasteiger partial charge in [0.05, 0.1) is 5.37 Å². The maximum Gasteiger partial charge on any atom is 0.0560 e. The summed E-state index contributed by atoms with van der Waals surface area (Å²) in [7, 11) is 4.27. The lowest BCUT2D eigenvalue weighted by molar-refractivity contribution is 0.362. The van der Waals surface area contributed by atoms with Gasteiger partial charge in [-0.3, -0.25) is 4.90 Å². The van der Waals surface area contributed by atoms with Gasteiger partial charge in [0.2, 0.25) is 0 Å². The molecule has 7 heavy (non-hydrogen) atoms. The second-order valence-electron chi connectivity index (χ2n) is 2.08. The van der Waals surface area contributed by atoms with Gasteiger partial charge in [-0.2, -0.15) is 0 Å². The largest absolute Gasteiger partial charge is 0.298 e. The van der Waals surface area contributed by atoms with E-state index in [2.05, 4.69) is 19.0 Å². The lowest BCUT2D eigenvalue weighted by Crippen LogP contribution is -2.31. The molecule has 1 aliphatic heterocycles. The number of thioether (sulfide) groups is 1. The van der Waals surface area contributed by atoms with E-state index in [0.717, 1.165) is 5.37 Å². The molecule has 1 atom stereocenters. The van der Waals surface area contributed by atoms with E-state index in [9.17, 15) is 0 Å². The van der Waals surface area contributed by atoms with Gasteiger partial charge in [0.1, 0.15) is 0 Å². The quantitative estimate of drug-likeness (QED) is 0.504. The molecule has 0 aromatic heterocycles. The molecule has 0 N–H and O–H groups in total. The predicted octanol–water partition coefficient (Wildman–Crippen LogP) is 1.01. The summed E-state index contributed by atoms with van der Waals surface area (Å²) in [4.78, 5) is 2.27. The van der Waals surface area contributed by atoms with Crippen molar-refractivity contribution in [2.24, 2.45) is 0 Å². The summed E-state index contributed by atoms with van der Waals surface area (Å²) in [6.07, 6.45) is 1.39. The van der Waals surface area contributed by atoms with Gasteiger partial charge in [-0.05, 0) is 26.3 Å². The lowest BCUT2D eigenvalue weighted by atomic mass is 10.4. The Hall–Kier alpha value is 0.310. The van der Waals surface area contributed by atoms with Crippen molar-refractivity contribution >= 4 is 11.8 Å². The zero-order valence-corrected chi connectivity index (χ0v) is 5.66. The number of rotatable bonds is 1. The highest BCUT2D eigenvalue weighted by atomic mass is 32.2. The van der Waals surface area contributed by atoms with Crippen molar-refractivity contribution < 1.29 is 0 Å². The normalized spacial score (nSPS) is 30.4. The third-order valence-electron chi connectivity index (χ3n) is 1.25. The van der Waals surface area contributed by atoms with Crippen molar-refractivity contribution in [2.75, 3.05) is 19.8 Å². The molecular formula is C5H11NS. The summed E-state index contributed by atoms with van der Waals surface area (Å²) in [5.41, 5.74) is 0. The van der Waals surface area contributed by atoms with Crippen LogP contribution in [0.2, 0.25) is 0 Å². The molecule has 1 nitrogen and oxygen atoms in total. The first-order valence-electron chi connectivity index (χ1n) is 2.59. The van der Waals surface area contributed by atoms with Crippen LogP contribution in [0.25, 0.3) is 0 Å². The van der Waals surface area contributed by atoms with E-state index < -0.39 is 0 Å². The fourth-order valence-corrected chi connectivity index (χ4v) is 1.38. The van der Waals surface area contributed by atoms with E-state index in [1.54, 1.807) is 0 Å². The third-order valence-corrected chi connectivity index (χ3v) is 2.76. The van der Waals surface area contributed by atoms with Gasteiger partial charge < -0.3 is 0 Å². The molecule has 1 rings (SSSR count). The molecule has 0 aliphatic carbocycles. The monoisotopic (exact) mass is 117 g/mol. The van der Waals surface area contributed by atoms with Crippen molar-refractivity contribution in [3.8, 4) is 0 Å². The van der Waals surface area contributed by atoms with Crippen LogP contribution < -0.4 is 0 Å². The smallest absolute Gasteiger partial charge is 0.0560 e. The predicted molar refractivity (Wildman–Crippen MR) is 34.5 cm³/mol. The van der Waals surface area contributed by atoms with Crippen LogP contribution in [-0.4, -0.2) is 30.1 Å². The fourth-order valence-electron chi connectivity index (χ4n) is 0.631. The molecule has 0 aromatic rings. The Bertz CT molecular complexity index is 59.1. The van der Waals surface area contributed by atoms with Crippen LogP contribution >= 0.6 is 11.8 Å². The van der Waals surface area contributed by atoms with Gasteiger partial charge in [0.25, 0.3) is 0 Å². The molecule has 0 amide bonds. The van der Waals surface area contributed by atoms with Crippen LogP contribution in [0.4, 0.5) is 0 Å². The molecule has 0 saturated carbocycles. The topological polar surface area (TPSA) is 3.24 Å². The number of hydrogen-bond donors (Lipinski definition) is 0. The van der Waals surface area contributed by atoms with E-state index in [1.165, 1.54) is 12.2 Å². The van der Waals surface area contributed by atoms with Crippen molar-refractivity contribution in [3.63, 3.8) is 0 Å². The standard InChI is InChI=1S/C5H11NS/c1-6(2)5-3-4-7-5/h5H,3-4H2,1-2H3. The van der Waals surface area contributed by atoms with Crippen molar-refractivity contribution in [3.05, 3.63) is 0 Å². The molecule has 2 heteroatoms. The van der Waals surface area contributed by atoms with E-state index in [1.807, 2.05) is 11.8 Å². The van der Waals surface area contributed by atoms with Gasteiger partial charge in [0, 0.05) is 0 Å². The maximum absolute atomic E-state index is 2.27. The Balaban J connectivity index is 2.14. The zero-order chi connectivity index (χ0) is 5.28. The first-order valence-corrected chi connectivity index (χ1v) is 3.63. The van der Waals surface area contributed by atoms with E-state index >= 15 is 0 Å². The molecule has 42 valence electrons. The molecule has 1 heterocycles. The van der Waals surface area contributed by atoms with E-state index in [4.69, 9.17) is 0 Å². The Kier molecular flexibility index (Phi) is 1.60. The van der Waals surface area contributed by atoms with E-state index in [0.29, 0.717) is 0 Å². The highest BCUT2D eigenvalue weighted by molar-refractivity contribution is 8.01. The summed E-state index contributed by atoms with van der Waals surface area (Å²) >= 11 is 2.04. The van der Waals surface area contributed by atoms with Crippen molar-refractivity contribution in [1.82, 2.24) is 4.90 Å². The summed E-state index contributed by atoms with van der Waals surface area (Å²) in [6.45, 7) is 0. The molecular weight excluding hydrogens is 106 g/mol. The van der Waals surface area contributed by atoms with Gasteiger partial charge in [0.15, 0.2) is 0 Å². The molecule has 0 aromatic carbocycles. The highest BCUT2D eigenvalue weighted by Crippen LogP contribution is 2.28. The van der Waals surface area contributed by atoms with Gasteiger partial charge in [-0.1, -0.05) is 0 Å². The van der Waals surface area contributed by atoms with Crippen molar-refractivity contribution in [1.29, 1.82) is 0 Å². The molecule has 1 saturated heterocycles. The minimum absolute atomic E-state index is 0.833. The Morgan fingerprint density at radius 2 is 2.14 bits per heavy atom. The second kappa shape index (κ2) is 2.05. The minimum atomic E-state index is 0.833. The Morgan fingerprint density at radius 3 is 2.14 bits per heavy atom. The van der Waals surface area contributed by atoms with Crippen LogP contribution in [0, 0.1) is 0 Å². The maximum atomic E-state index is 2.27. The first kappa shape index (κ1) is 5.45. The van der Waals surface area contributed by atoms with Gasteiger partial charge in [-0.15, -0.1) is 11.8 Å². The molecule has 1 aliphatic rings. The van der Waals surface area contributed by atoms with Crippen molar-refractivity contribution in [2.45, 2.75) is 11.8 Å². The Morgan fingerprint density at radius 1 is 1.57 bits per heavy atom. The Labute approximate surface area is 49.1 Å². The number of hydrogen-bond acceptors (Lipinski definition) is 2.